The van der Waals surface area contributed by atoms with Gasteiger partial charge in [-0.25, -0.2) is 0 Å². The van der Waals surface area contributed by atoms with Gasteiger partial charge in [0.05, 0.1) is 11.9 Å². The lowest BCUT2D eigenvalue weighted by molar-refractivity contribution is -0.274. The largest absolute Gasteiger partial charge is 0.573 e. The third-order valence-electron chi connectivity index (χ3n) is 6.23. The summed E-state index contributed by atoms with van der Waals surface area (Å²) in [5, 5.41) is 12.1. The molecule has 30 heavy (non-hydrogen) atoms. The van der Waals surface area contributed by atoms with E-state index in [0.29, 0.717) is 24.2 Å². The van der Waals surface area contributed by atoms with Gasteiger partial charge in [-0.3, -0.25) is 4.98 Å². The molecule has 0 bridgehead atoms. The molecule has 0 spiro atoms. The number of likely N-dealkylation sites (tertiary alicyclic amines) is 1. The Kier molecular flexibility index (Phi) is 5.18. The van der Waals surface area contributed by atoms with Crippen LogP contribution in [0.5, 0.6) is 5.75 Å². The van der Waals surface area contributed by atoms with Crippen LogP contribution in [-0.2, 0) is 5.60 Å². The SMILES string of the molecule is CN1CC(C)(C(O)(c2ccc(OC(F)(F)F)cc2)c2cncc(N3CCCC3)c2)C1. The van der Waals surface area contributed by atoms with Crippen molar-refractivity contribution in [1.29, 1.82) is 0 Å². The lowest BCUT2D eigenvalue weighted by Crippen LogP contribution is -2.63. The van der Waals surface area contributed by atoms with Gasteiger partial charge >= 0.3 is 6.36 Å². The molecule has 1 aromatic heterocycles. The highest BCUT2D eigenvalue weighted by molar-refractivity contribution is 5.51. The average Bonchev–Trinajstić information content (AvgIpc) is 3.20. The second-order valence-corrected chi connectivity index (χ2v) is 8.64. The third-order valence-corrected chi connectivity index (χ3v) is 6.23. The molecule has 0 amide bonds. The predicted molar refractivity (Wildman–Crippen MR) is 107 cm³/mol. The molecule has 3 heterocycles. The van der Waals surface area contributed by atoms with Crippen LogP contribution < -0.4 is 9.64 Å². The quantitative estimate of drug-likeness (QED) is 0.797. The molecule has 0 aliphatic carbocycles. The molecule has 2 fully saturated rings. The zero-order chi connectivity index (χ0) is 21.6. The van der Waals surface area contributed by atoms with E-state index in [9.17, 15) is 18.3 Å². The van der Waals surface area contributed by atoms with Gasteiger partial charge in [-0.05, 0) is 43.7 Å². The normalized spacial score (nSPS) is 21.2. The van der Waals surface area contributed by atoms with Crippen molar-refractivity contribution in [3.63, 3.8) is 0 Å². The van der Waals surface area contributed by atoms with E-state index in [1.807, 2.05) is 20.0 Å². The van der Waals surface area contributed by atoms with E-state index in [2.05, 4.69) is 19.5 Å². The van der Waals surface area contributed by atoms with Gasteiger partial charge in [0.15, 0.2) is 0 Å². The number of pyridine rings is 1. The maximum Gasteiger partial charge on any atom is 0.573 e. The Morgan fingerprint density at radius 1 is 1.03 bits per heavy atom. The van der Waals surface area contributed by atoms with Crippen LogP contribution in [0.1, 0.15) is 30.9 Å². The van der Waals surface area contributed by atoms with Gasteiger partial charge in [0.2, 0.25) is 0 Å². The molecule has 1 N–H and O–H groups in total. The zero-order valence-corrected chi connectivity index (χ0v) is 17.1. The number of hydrogen-bond donors (Lipinski definition) is 1. The van der Waals surface area contributed by atoms with Crippen LogP contribution in [0.15, 0.2) is 42.7 Å². The Labute approximate surface area is 174 Å². The molecule has 8 heteroatoms. The van der Waals surface area contributed by atoms with Gasteiger partial charge in [-0.2, -0.15) is 0 Å². The summed E-state index contributed by atoms with van der Waals surface area (Å²) in [6.07, 6.45) is 0.942. The van der Waals surface area contributed by atoms with E-state index < -0.39 is 17.4 Å². The first kappa shape index (κ1) is 20.9. The monoisotopic (exact) mass is 421 g/mol. The molecule has 1 atom stereocenters. The van der Waals surface area contributed by atoms with Gasteiger partial charge in [0.25, 0.3) is 0 Å². The molecule has 1 unspecified atom stereocenters. The summed E-state index contributed by atoms with van der Waals surface area (Å²) >= 11 is 0. The van der Waals surface area contributed by atoms with E-state index in [4.69, 9.17) is 0 Å². The van der Waals surface area contributed by atoms with E-state index in [1.165, 1.54) is 24.3 Å². The number of alkyl halides is 3. The van der Waals surface area contributed by atoms with Crippen LogP contribution in [0.4, 0.5) is 18.9 Å². The summed E-state index contributed by atoms with van der Waals surface area (Å²) in [5.74, 6) is -0.312. The molecule has 4 rings (SSSR count). The van der Waals surface area contributed by atoms with Crippen molar-refractivity contribution >= 4 is 5.69 Å². The minimum absolute atomic E-state index is 0.312. The maximum absolute atomic E-state index is 12.5. The highest BCUT2D eigenvalue weighted by Crippen LogP contribution is 2.50. The Morgan fingerprint density at radius 3 is 2.23 bits per heavy atom. The van der Waals surface area contributed by atoms with Crippen molar-refractivity contribution in [2.24, 2.45) is 5.41 Å². The number of hydrogen-bond acceptors (Lipinski definition) is 5. The van der Waals surface area contributed by atoms with Crippen LogP contribution >= 0.6 is 0 Å². The van der Waals surface area contributed by atoms with E-state index in [0.717, 1.165) is 31.6 Å². The molecule has 2 aromatic rings. The van der Waals surface area contributed by atoms with Crippen LogP contribution in [0.3, 0.4) is 0 Å². The second kappa shape index (κ2) is 7.42. The summed E-state index contributed by atoms with van der Waals surface area (Å²) in [4.78, 5) is 8.73. The number of nitrogens with zero attached hydrogens (tertiary/aromatic N) is 3. The zero-order valence-electron chi connectivity index (χ0n) is 17.1. The molecular formula is C22H26F3N3O2. The first-order chi connectivity index (χ1) is 14.1. The molecule has 2 aliphatic rings. The fraction of sp³-hybridized carbons (Fsp3) is 0.500. The first-order valence-corrected chi connectivity index (χ1v) is 10.1. The standard InChI is InChI=1S/C22H26F3N3O2/c1-20(14-27(2)15-20)21(29,16-5-7-19(8-6-16)30-22(23,24)25)17-11-18(13-26-12-17)28-9-3-4-10-28/h5-8,11-13,29H,3-4,9-10,14-15H2,1-2H3. The number of benzene rings is 1. The summed E-state index contributed by atoms with van der Waals surface area (Å²) in [5.41, 5.74) is 0.204. The van der Waals surface area contributed by atoms with E-state index >= 15 is 0 Å². The molecule has 0 saturated carbocycles. The summed E-state index contributed by atoms with van der Waals surface area (Å²) in [6.45, 7) is 5.20. The smallest absolute Gasteiger partial charge is 0.406 e. The molecule has 2 aliphatic heterocycles. The molecule has 5 nitrogen and oxygen atoms in total. The molecule has 0 radical (unpaired) electrons. The number of anilines is 1. The van der Waals surface area contributed by atoms with Crippen molar-refractivity contribution in [2.45, 2.75) is 31.7 Å². The van der Waals surface area contributed by atoms with Crippen molar-refractivity contribution in [3.8, 4) is 5.75 Å². The number of ether oxygens (including phenoxy) is 1. The minimum Gasteiger partial charge on any atom is -0.406 e. The topological polar surface area (TPSA) is 48.8 Å². The van der Waals surface area contributed by atoms with Gasteiger partial charge in [0.1, 0.15) is 11.4 Å². The summed E-state index contributed by atoms with van der Waals surface area (Å²) < 4.78 is 41.6. The van der Waals surface area contributed by atoms with Gasteiger partial charge in [-0.15, -0.1) is 13.2 Å². The molecule has 1 aromatic carbocycles. The van der Waals surface area contributed by atoms with Crippen molar-refractivity contribution < 1.29 is 23.0 Å². The maximum atomic E-state index is 12.5. The van der Waals surface area contributed by atoms with Crippen LogP contribution in [0.25, 0.3) is 0 Å². The summed E-state index contributed by atoms with van der Waals surface area (Å²) in [7, 11) is 1.97. The number of halogens is 3. The highest BCUT2D eigenvalue weighted by Gasteiger charge is 2.55. The summed E-state index contributed by atoms with van der Waals surface area (Å²) in [6, 6.07) is 7.47. The van der Waals surface area contributed by atoms with E-state index in [-0.39, 0.29) is 5.75 Å². The van der Waals surface area contributed by atoms with Crippen LogP contribution in [0.2, 0.25) is 0 Å². The fourth-order valence-electron chi connectivity index (χ4n) is 4.91. The Balaban J connectivity index is 1.74. The van der Waals surface area contributed by atoms with Gasteiger partial charge in [-0.1, -0.05) is 19.1 Å². The minimum atomic E-state index is -4.76. The Bertz CT molecular complexity index is 891. The van der Waals surface area contributed by atoms with Crippen molar-refractivity contribution in [2.75, 3.05) is 38.1 Å². The predicted octanol–water partition coefficient (Wildman–Crippen LogP) is 3.77. The number of aliphatic hydroxyl groups is 1. The molecule has 162 valence electrons. The second-order valence-electron chi connectivity index (χ2n) is 8.64. The molecule has 2 saturated heterocycles. The van der Waals surface area contributed by atoms with E-state index in [1.54, 1.807) is 12.4 Å². The van der Waals surface area contributed by atoms with Gasteiger partial charge < -0.3 is 19.6 Å². The highest BCUT2D eigenvalue weighted by atomic mass is 19.4. The Morgan fingerprint density at radius 2 is 1.67 bits per heavy atom. The number of aromatic nitrogens is 1. The lowest BCUT2D eigenvalue weighted by atomic mass is 9.62. The average molecular weight is 421 g/mol. The van der Waals surface area contributed by atoms with Gasteiger partial charge in [0, 0.05) is 43.4 Å². The van der Waals surface area contributed by atoms with Crippen molar-refractivity contribution in [1.82, 2.24) is 9.88 Å². The Hall–Kier alpha value is -2.32. The van der Waals surface area contributed by atoms with Crippen LogP contribution in [0, 0.1) is 5.41 Å². The third kappa shape index (κ3) is 3.74. The molecular weight excluding hydrogens is 395 g/mol. The number of rotatable bonds is 5. The fourth-order valence-corrected chi connectivity index (χ4v) is 4.91. The van der Waals surface area contributed by atoms with Crippen LogP contribution in [-0.4, -0.2) is 54.6 Å². The van der Waals surface area contributed by atoms with Crippen molar-refractivity contribution in [3.05, 3.63) is 53.9 Å². The lowest BCUT2D eigenvalue weighted by Gasteiger charge is -2.55. The first-order valence-electron chi connectivity index (χ1n) is 10.1.